The Morgan fingerprint density at radius 3 is 1.12 bits per heavy atom. The molecule has 0 aromatic heterocycles. The number of hydrogen-bond donors (Lipinski definition) is 1. The van der Waals surface area contributed by atoms with Crippen molar-refractivity contribution in [3.8, 4) is 11.5 Å². The van der Waals surface area contributed by atoms with E-state index in [4.69, 9.17) is 9.47 Å². The molecule has 58 heavy (non-hydrogen) atoms. The standard InChI is InChI=1S/C54H93NO3/c1-6-10-14-18-22-24-28-32-35-47(34-30-26-20-16-12-8-3)45-57-52-43-40-50(54(56)49-38-41-51(55-5)42-39-49)44-53(52)58-46-48(36-31-27-21-17-13-9-4)37-33-29-25-23-19-15-11-7-2/h38-44,47-48,55H,6-37,45-46H2,1-5H3. The molecule has 4 heteroatoms. The van der Waals surface area contributed by atoms with Gasteiger partial charge in [-0.25, -0.2) is 0 Å². The quantitative estimate of drug-likeness (QED) is 0.0537. The van der Waals surface area contributed by atoms with Crippen LogP contribution in [0.4, 0.5) is 5.69 Å². The maximum Gasteiger partial charge on any atom is 0.193 e. The van der Waals surface area contributed by atoms with Crippen molar-refractivity contribution >= 4 is 11.5 Å². The lowest BCUT2D eigenvalue weighted by molar-refractivity contribution is 0.103. The van der Waals surface area contributed by atoms with Crippen LogP contribution in [0.2, 0.25) is 0 Å². The molecule has 0 radical (unpaired) electrons. The number of ketones is 1. The number of unbranched alkanes of at least 4 members (excludes halogenated alkanes) is 24. The molecule has 1 N–H and O–H groups in total. The molecule has 332 valence electrons. The number of carbonyl (C=O) groups excluding carboxylic acids is 1. The van der Waals surface area contributed by atoms with Crippen LogP contribution in [0.1, 0.15) is 249 Å². The van der Waals surface area contributed by atoms with Crippen LogP contribution in [0.5, 0.6) is 11.5 Å². The minimum Gasteiger partial charge on any atom is -0.489 e. The van der Waals surface area contributed by atoms with Gasteiger partial charge in [0.05, 0.1) is 13.2 Å². The van der Waals surface area contributed by atoms with Crippen molar-refractivity contribution in [3.63, 3.8) is 0 Å². The smallest absolute Gasteiger partial charge is 0.193 e. The number of rotatable bonds is 41. The van der Waals surface area contributed by atoms with Gasteiger partial charge in [0.15, 0.2) is 17.3 Å². The van der Waals surface area contributed by atoms with Crippen molar-refractivity contribution in [1.29, 1.82) is 0 Å². The van der Waals surface area contributed by atoms with Gasteiger partial charge in [0, 0.05) is 23.9 Å². The Kier molecular flexibility index (Phi) is 32.4. The maximum absolute atomic E-state index is 13.8. The van der Waals surface area contributed by atoms with E-state index in [2.05, 4.69) is 33.0 Å². The Morgan fingerprint density at radius 2 is 0.759 bits per heavy atom. The highest BCUT2D eigenvalue weighted by molar-refractivity contribution is 6.09. The molecule has 2 unspecified atom stereocenters. The Bertz CT molecular complexity index is 1230. The number of anilines is 1. The molecule has 2 atom stereocenters. The molecule has 4 nitrogen and oxygen atoms in total. The van der Waals surface area contributed by atoms with E-state index in [-0.39, 0.29) is 5.78 Å². The van der Waals surface area contributed by atoms with Gasteiger partial charge in [-0.3, -0.25) is 4.79 Å². The van der Waals surface area contributed by atoms with E-state index >= 15 is 0 Å². The van der Waals surface area contributed by atoms with Crippen molar-refractivity contribution in [2.75, 3.05) is 25.6 Å². The van der Waals surface area contributed by atoms with Gasteiger partial charge in [0.2, 0.25) is 0 Å². The topological polar surface area (TPSA) is 47.6 Å². The van der Waals surface area contributed by atoms with Crippen molar-refractivity contribution in [3.05, 3.63) is 53.6 Å². The molecule has 0 spiro atoms. The van der Waals surface area contributed by atoms with Crippen molar-refractivity contribution in [2.24, 2.45) is 11.8 Å². The fourth-order valence-corrected chi connectivity index (χ4v) is 8.43. The minimum atomic E-state index is 0.0252. The zero-order chi connectivity index (χ0) is 41.7. The zero-order valence-electron chi connectivity index (χ0n) is 39.0. The molecule has 2 rings (SSSR count). The fraction of sp³-hybridized carbons (Fsp3) is 0.759. The zero-order valence-corrected chi connectivity index (χ0v) is 39.0. The van der Waals surface area contributed by atoms with E-state index in [9.17, 15) is 4.79 Å². The molecule has 0 fully saturated rings. The SMILES string of the molecule is CCCCCCCCCCC(CCCCCCCC)COc1ccc(C(=O)c2ccc(NC)cc2)cc1OCC(CCCCCCCC)CCCCCCCCCC. The van der Waals surface area contributed by atoms with E-state index in [1.54, 1.807) is 0 Å². The first-order chi connectivity index (χ1) is 28.6. The van der Waals surface area contributed by atoms with Gasteiger partial charge in [-0.15, -0.1) is 0 Å². The van der Waals surface area contributed by atoms with Crippen LogP contribution in [-0.4, -0.2) is 26.0 Å². The number of carbonyl (C=O) groups is 1. The Morgan fingerprint density at radius 1 is 0.431 bits per heavy atom. The largest absolute Gasteiger partial charge is 0.489 e. The number of hydrogen-bond acceptors (Lipinski definition) is 4. The molecule has 0 aliphatic rings. The molecule has 2 aromatic carbocycles. The predicted octanol–water partition coefficient (Wildman–Crippen LogP) is 17.5. The van der Waals surface area contributed by atoms with Gasteiger partial charge < -0.3 is 14.8 Å². The molecular weight excluding hydrogens is 711 g/mol. The summed E-state index contributed by atoms with van der Waals surface area (Å²) in [4.78, 5) is 13.8. The molecule has 0 bridgehead atoms. The fourth-order valence-electron chi connectivity index (χ4n) is 8.43. The van der Waals surface area contributed by atoms with E-state index in [1.165, 1.54) is 205 Å². The molecule has 0 aliphatic carbocycles. The van der Waals surface area contributed by atoms with Gasteiger partial charge in [-0.05, 0) is 80.0 Å². The number of ether oxygens (including phenoxy) is 2. The monoisotopic (exact) mass is 804 g/mol. The van der Waals surface area contributed by atoms with E-state index in [0.29, 0.717) is 29.6 Å². The summed E-state index contributed by atoms with van der Waals surface area (Å²) in [5.41, 5.74) is 2.36. The summed E-state index contributed by atoms with van der Waals surface area (Å²) in [5, 5.41) is 3.16. The van der Waals surface area contributed by atoms with Crippen LogP contribution in [0, 0.1) is 11.8 Å². The third-order valence-electron chi connectivity index (χ3n) is 12.5. The average Bonchev–Trinajstić information content (AvgIpc) is 3.25. The van der Waals surface area contributed by atoms with Crippen LogP contribution >= 0.6 is 0 Å². The first-order valence-corrected chi connectivity index (χ1v) is 25.3. The lowest BCUT2D eigenvalue weighted by atomic mass is 9.94. The summed E-state index contributed by atoms with van der Waals surface area (Å²) in [6.45, 7) is 10.6. The van der Waals surface area contributed by atoms with Crippen LogP contribution in [0.3, 0.4) is 0 Å². The van der Waals surface area contributed by atoms with Gasteiger partial charge in [-0.1, -0.05) is 207 Å². The van der Waals surface area contributed by atoms with Crippen molar-refractivity contribution < 1.29 is 14.3 Å². The van der Waals surface area contributed by atoms with Crippen LogP contribution in [-0.2, 0) is 0 Å². The lowest BCUT2D eigenvalue weighted by Crippen LogP contribution is -2.16. The van der Waals surface area contributed by atoms with Gasteiger partial charge in [0.1, 0.15) is 0 Å². The molecule has 0 heterocycles. The Balaban J connectivity index is 2.19. The summed E-state index contributed by atoms with van der Waals surface area (Å²) in [6, 6.07) is 13.7. The lowest BCUT2D eigenvalue weighted by Gasteiger charge is -2.22. The third-order valence-corrected chi connectivity index (χ3v) is 12.5. The van der Waals surface area contributed by atoms with E-state index in [1.807, 2.05) is 49.5 Å². The first kappa shape index (κ1) is 51.7. The van der Waals surface area contributed by atoms with E-state index in [0.717, 1.165) is 23.8 Å². The number of benzene rings is 2. The van der Waals surface area contributed by atoms with Crippen LogP contribution < -0.4 is 14.8 Å². The first-order valence-electron chi connectivity index (χ1n) is 25.3. The van der Waals surface area contributed by atoms with Crippen molar-refractivity contribution in [1.82, 2.24) is 0 Å². The highest BCUT2D eigenvalue weighted by Gasteiger charge is 2.18. The second-order valence-electron chi connectivity index (χ2n) is 17.8. The summed E-state index contributed by atoms with van der Waals surface area (Å²) < 4.78 is 13.6. The van der Waals surface area contributed by atoms with Crippen LogP contribution in [0.25, 0.3) is 0 Å². The molecular formula is C54H93NO3. The molecule has 0 saturated carbocycles. The minimum absolute atomic E-state index is 0.0252. The molecule has 2 aromatic rings. The molecule has 0 aliphatic heterocycles. The summed E-state index contributed by atoms with van der Waals surface area (Å²) in [7, 11) is 1.90. The average molecular weight is 804 g/mol. The van der Waals surface area contributed by atoms with Gasteiger partial charge >= 0.3 is 0 Å². The van der Waals surface area contributed by atoms with Crippen LogP contribution in [0.15, 0.2) is 42.5 Å². The summed E-state index contributed by atoms with van der Waals surface area (Å²) in [6.07, 6.45) is 42.4. The Labute approximate surface area is 360 Å². The molecule has 0 saturated heterocycles. The highest BCUT2D eigenvalue weighted by atomic mass is 16.5. The third kappa shape index (κ3) is 25.2. The van der Waals surface area contributed by atoms with E-state index < -0.39 is 0 Å². The van der Waals surface area contributed by atoms with Gasteiger partial charge in [0.25, 0.3) is 0 Å². The maximum atomic E-state index is 13.8. The molecule has 0 amide bonds. The normalized spacial score (nSPS) is 12.4. The number of nitrogens with one attached hydrogen (secondary N) is 1. The van der Waals surface area contributed by atoms with Gasteiger partial charge in [-0.2, -0.15) is 0 Å². The second kappa shape index (κ2) is 36.4. The predicted molar refractivity (Wildman–Crippen MR) is 254 cm³/mol. The summed E-state index contributed by atoms with van der Waals surface area (Å²) >= 11 is 0. The second-order valence-corrected chi connectivity index (χ2v) is 17.8. The van der Waals surface area contributed by atoms with Crippen molar-refractivity contribution in [2.45, 2.75) is 233 Å². The summed E-state index contributed by atoms with van der Waals surface area (Å²) in [5.74, 6) is 2.64. The Hall–Kier alpha value is -2.49. The highest BCUT2D eigenvalue weighted by Crippen LogP contribution is 2.33.